The lowest BCUT2D eigenvalue weighted by Gasteiger charge is -2.34. The molecule has 15 heavy (non-hydrogen) atoms. The average molecular weight is 212 g/mol. The molecule has 90 valence electrons. The van der Waals surface area contributed by atoms with Crippen LogP contribution in [0.5, 0.6) is 0 Å². The normalized spacial score (nSPS) is 20.0. The monoisotopic (exact) mass is 212 g/mol. The summed E-state index contributed by atoms with van der Waals surface area (Å²) in [5, 5.41) is 7.10. The Labute approximate surface area is 95.2 Å². The van der Waals surface area contributed by atoms with Crippen LogP contribution < -0.4 is 10.6 Å². The van der Waals surface area contributed by atoms with E-state index in [1.807, 2.05) is 0 Å². The highest BCUT2D eigenvalue weighted by Gasteiger charge is 2.26. The van der Waals surface area contributed by atoms with Gasteiger partial charge in [0.15, 0.2) is 0 Å². The van der Waals surface area contributed by atoms with Crippen molar-refractivity contribution in [3.8, 4) is 0 Å². The molecular formula is C13H28N2. The summed E-state index contributed by atoms with van der Waals surface area (Å²) in [7, 11) is 2.09. The Morgan fingerprint density at radius 2 is 2.00 bits per heavy atom. The maximum atomic E-state index is 3.64. The van der Waals surface area contributed by atoms with Gasteiger partial charge in [-0.1, -0.05) is 27.2 Å². The van der Waals surface area contributed by atoms with Gasteiger partial charge in [-0.3, -0.25) is 0 Å². The summed E-state index contributed by atoms with van der Waals surface area (Å²) in [5.41, 5.74) is 0.413. The standard InChI is InChI=1S/C13H28N2/c1-5-13(2,3)12(14-4)9-10-15-11-7-6-8-11/h11-12,14-15H,5-10H2,1-4H3. The molecule has 0 bridgehead atoms. The lowest BCUT2D eigenvalue weighted by molar-refractivity contribution is 0.222. The Morgan fingerprint density at radius 1 is 1.33 bits per heavy atom. The minimum Gasteiger partial charge on any atom is -0.316 e. The van der Waals surface area contributed by atoms with Crippen LogP contribution in [0.1, 0.15) is 52.9 Å². The van der Waals surface area contributed by atoms with Gasteiger partial charge >= 0.3 is 0 Å². The molecule has 0 spiro atoms. The van der Waals surface area contributed by atoms with Crippen LogP contribution in [0.3, 0.4) is 0 Å². The van der Waals surface area contributed by atoms with Crippen LogP contribution >= 0.6 is 0 Å². The fourth-order valence-corrected chi connectivity index (χ4v) is 2.22. The summed E-state index contributed by atoms with van der Waals surface area (Å²) >= 11 is 0. The Morgan fingerprint density at radius 3 is 2.40 bits per heavy atom. The van der Waals surface area contributed by atoms with Crippen molar-refractivity contribution < 1.29 is 0 Å². The third kappa shape index (κ3) is 3.76. The number of nitrogens with one attached hydrogen (secondary N) is 2. The van der Waals surface area contributed by atoms with Crippen molar-refractivity contribution in [2.24, 2.45) is 5.41 Å². The summed E-state index contributed by atoms with van der Waals surface area (Å²) in [4.78, 5) is 0. The maximum Gasteiger partial charge on any atom is 0.0127 e. The molecule has 0 amide bonds. The third-order valence-electron chi connectivity index (χ3n) is 4.17. The lowest BCUT2D eigenvalue weighted by atomic mass is 9.80. The van der Waals surface area contributed by atoms with E-state index in [9.17, 15) is 0 Å². The Hall–Kier alpha value is -0.0800. The molecule has 1 atom stereocenters. The van der Waals surface area contributed by atoms with Crippen LogP contribution in [0.25, 0.3) is 0 Å². The van der Waals surface area contributed by atoms with Crippen molar-refractivity contribution in [1.82, 2.24) is 10.6 Å². The molecule has 1 rings (SSSR count). The van der Waals surface area contributed by atoms with Gasteiger partial charge in [0.1, 0.15) is 0 Å². The second-order valence-corrected chi connectivity index (χ2v) is 5.55. The molecule has 0 heterocycles. The lowest BCUT2D eigenvalue weighted by Crippen LogP contribution is -2.43. The minimum atomic E-state index is 0.413. The van der Waals surface area contributed by atoms with E-state index < -0.39 is 0 Å². The van der Waals surface area contributed by atoms with Gasteiger partial charge in [-0.05, 0) is 44.7 Å². The van der Waals surface area contributed by atoms with Crippen molar-refractivity contribution in [3.05, 3.63) is 0 Å². The first-order valence-electron chi connectivity index (χ1n) is 6.50. The topological polar surface area (TPSA) is 24.1 Å². The van der Waals surface area contributed by atoms with Crippen LogP contribution in [0.2, 0.25) is 0 Å². The average Bonchev–Trinajstić information content (AvgIpc) is 2.15. The second kappa shape index (κ2) is 5.86. The van der Waals surface area contributed by atoms with Gasteiger partial charge in [0, 0.05) is 12.1 Å². The number of rotatable bonds is 7. The molecule has 1 aliphatic carbocycles. The summed E-state index contributed by atoms with van der Waals surface area (Å²) in [6, 6.07) is 1.46. The quantitative estimate of drug-likeness (QED) is 0.678. The van der Waals surface area contributed by atoms with Crippen molar-refractivity contribution in [2.45, 2.75) is 65.0 Å². The van der Waals surface area contributed by atoms with Crippen LogP contribution in [-0.2, 0) is 0 Å². The van der Waals surface area contributed by atoms with Crippen LogP contribution in [-0.4, -0.2) is 25.7 Å². The Bertz CT molecular complexity index is 173. The van der Waals surface area contributed by atoms with Crippen LogP contribution in [0.4, 0.5) is 0 Å². The molecular weight excluding hydrogens is 184 g/mol. The van der Waals surface area contributed by atoms with Crippen LogP contribution in [0, 0.1) is 5.41 Å². The second-order valence-electron chi connectivity index (χ2n) is 5.55. The summed E-state index contributed by atoms with van der Waals surface area (Å²) in [6.07, 6.45) is 6.69. The molecule has 2 nitrogen and oxygen atoms in total. The van der Waals surface area contributed by atoms with Crippen molar-refractivity contribution in [1.29, 1.82) is 0 Å². The molecule has 0 aromatic rings. The van der Waals surface area contributed by atoms with Gasteiger partial charge in [0.05, 0.1) is 0 Å². The van der Waals surface area contributed by atoms with Gasteiger partial charge in [0.2, 0.25) is 0 Å². The van der Waals surface area contributed by atoms with Crippen molar-refractivity contribution in [2.75, 3.05) is 13.6 Å². The first kappa shape index (κ1) is 13.0. The molecule has 1 unspecified atom stereocenters. The van der Waals surface area contributed by atoms with Gasteiger partial charge in [-0.15, -0.1) is 0 Å². The van der Waals surface area contributed by atoms with E-state index in [4.69, 9.17) is 0 Å². The third-order valence-corrected chi connectivity index (χ3v) is 4.17. The van der Waals surface area contributed by atoms with E-state index >= 15 is 0 Å². The zero-order chi connectivity index (χ0) is 11.3. The first-order chi connectivity index (χ1) is 7.10. The van der Waals surface area contributed by atoms with Gasteiger partial charge in [-0.2, -0.15) is 0 Å². The Balaban J connectivity index is 2.20. The van der Waals surface area contributed by atoms with Crippen molar-refractivity contribution >= 4 is 0 Å². The Kier molecular flexibility index (Phi) is 5.07. The highest BCUT2D eigenvalue weighted by atomic mass is 14.9. The van der Waals surface area contributed by atoms with Gasteiger partial charge < -0.3 is 10.6 Å². The van der Waals surface area contributed by atoms with E-state index in [1.54, 1.807) is 0 Å². The minimum absolute atomic E-state index is 0.413. The van der Waals surface area contributed by atoms with E-state index in [-0.39, 0.29) is 0 Å². The molecule has 0 radical (unpaired) electrons. The molecule has 1 fully saturated rings. The number of hydrogen-bond acceptors (Lipinski definition) is 2. The molecule has 1 saturated carbocycles. The summed E-state index contributed by atoms with van der Waals surface area (Å²) in [5.74, 6) is 0. The highest BCUT2D eigenvalue weighted by molar-refractivity contribution is 4.84. The maximum absolute atomic E-state index is 3.64. The molecule has 2 N–H and O–H groups in total. The van der Waals surface area contributed by atoms with E-state index in [0.29, 0.717) is 11.5 Å². The first-order valence-corrected chi connectivity index (χ1v) is 6.50. The molecule has 0 aliphatic heterocycles. The molecule has 0 aromatic heterocycles. The van der Waals surface area contributed by atoms with Gasteiger partial charge in [-0.25, -0.2) is 0 Å². The van der Waals surface area contributed by atoms with Crippen LogP contribution in [0.15, 0.2) is 0 Å². The predicted octanol–water partition coefficient (Wildman–Crippen LogP) is 2.54. The van der Waals surface area contributed by atoms with E-state index in [0.717, 1.165) is 6.04 Å². The number of hydrogen-bond donors (Lipinski definition) is 2. The van der Waals surface area contributed by atoms with E-state index in [1.165, 1.54) is 38.6 Å². The fourth-order valence-electron chi connectivity index (χ4n) is 2.22. The van der Waals surface area contributed by atoms with E-state index in [2.05, 4.69) is 38.5 Å². The largest absolute Gasteiger partial charge is 0.316 e. The molecule has 0 aromatic carbocycles. The fraction of sp³-hybridized carbons (Fsp3) is 1.00. The molecule has 2 heteroatoms. The molecule has 0 saturated heterocycles. The summed E-state index contributed by atoms with van der Waals surface area (Å²) in [6.45, 7) is 8.17. The van der Waals surface area contributed by atoms with Crippen molar-refractivity contribution in [3.63, 3.8) is 0 Å². The highest BCUT2D eigenvalue weighted by Crippen LogP contribution is 2.26. The zero-order valence-corrected chi connectivity index (χ0v) is 10.9. The summed E-state index contributed by atoms with van der Waals surface area (Å²) < 4.78 is 0. The predicted molar refractivity (Wildman–Crippen MR) is 67.2 cm³/mol. The SMILES string of the molecule is CCC(C)(C)C(CCNC1CCC1)NC. The smallest absolute Gasteiger partial charge is 0.0127 e. The molecule has 1 aliphatic rings. The zero-order valence-electron chi connectivity index (χ0n) is 10.9. The van der Waals surface area contributed by atoms with Gasteiger partial charge in [0.25, 0.3) is 0 Å².